The van der Waals surface area contributed by atoms with Gasteiger partial charge in [-0.05, 0) is 24.3 Å². The smallest absolute Gasteiger partial charge is 0.271 e. The van der Waals surface area contributed by atoms with E-state index in [1.54, 1.807) is 0 Å². The molecule has 6 nitrogen and oxygen atoms in total. The lowest BCUT2D eigenvalue weighted by Gasteiger charge is -2.09. The predicted octanol–water partition coefficient (Wildman–Crippen LogP) is 3.22. The maximum Gasteiger partial charge on any atom is 0.271 e. The molecule has 8 heteroatoms. The first-order valence-electron chi connectivity index (χ1n) is 5.69. The number of rotatable bonds is 3. The molecule has 0 aromatic heterocycles. The number of nitrogens with one attached hydrogen (secondary N) is 1. The van der Waals surface area contributed by atoms with Gasteiger partial charge in [-0.15, -0.1) is 0 Å². The molecule has 3 N–H and O–H groups in total. The van der Waals surface area contributed by atoms with Crippen molar-refractivity contribution in [2.24, 2.45) is 0 Å². The highest BCUT2D eigenvalue weighted by atomic mass is 35.5. The SMILES string of the molecule is Nc1ccc(F)cc1C(=O)Nc1ccc([N+](=O)[O-])cc1Cl. The van der Waals surface area contributed by atoms with Gasteiger partial charge in [0.05, 0.1) is 21.2 Å². The molecule has 21 heavy (non-hydrogen) atoms. The summed E-state index contributed by atoms with van der Waals surface area (Å²) in [5.41, 5.74) is 5.61. The Morgan fingerprint density at radius 3 is 2.62 bits per heavy atom. The van der Waals surface area contributed by atoms with Crippen molar-refractivity contribution in [2.75, 3.05) is 11.1 Å². The Morgan fingerprint density at radius 2 is 2.00 bits per heavy atom. The number of anilines is 2. The third-order valence-corrected chi connectivity index (χ3v) is 2.98. The van der Waals surface area contributed by atoms with E-state index in [1.807, 2.05) is 0 Å². The number of nitro groups is 1. The molecule has 0 atom stereocenters. The van der Waals surface area contributed by atoms with Crippen LogP contribution in [0.1, 0.15) is 10.4 Å². The quantitative estimate of drug-likeness (QED) is 0.516. The third kappa shape index (κ3) is 3.26. The van der Waals surface area contributed by atoms with Crippen LogP contribution >= 0.6 is 11.6 Å². The molecular formula is C13H9ClFN3O3. The molecule has 2 aromatic rings. The summed E-state index contributed by atoms with van der Waals surface area (Å²) < 4.78 is 13.1. The van der Waals surface area contributed by atoms with E-state index in [-0.39, 0.29) is 27.6 Å². The Hall–Kier alpha value is -2.67. The van der Waals surface area contributed by atoms with Crippen LogP contribution in [-0.2, 0) is 0 Å². The summed E-state index contributed by atoms with van der Waals surface area (Å²) in [5.74, 6) is -1.27. The number of halogens is 2. The molecule has 0 fully saturated rings. The van der Waals surface area contributed by atoms with Crippen molar-refractivity contribution in [3.63, 3.8) is 0 Å². The van der Waals surface area contributed by atoms with E-state index in [4.69, 9.17) is 17.3 Å². The van der Waals surface area contributed by atoms with E-state index in [0.29, 0.717) is 0 Å². The Labute approximate surface area is 123 Å². The van der Waals surface area contributed by atoms with E-state index < -0.39 is 16.6 Å². The number of nitrogens with two attached hydrogens (primary N) is 1. The van der Waals surface area contributed by atoms with Crippen LogP contribution in [0.5, 0.6) is 0 Å². The lowest BCUT2D eigenvalue weighted by Crippen LogP contribution is -2.14. The molecule has 0 saturated heterocycles. The summed E-state index contributed by atoms with van der Waals surface area (Å²) in [4.78, 5) is 22.0. The van der Waals surface area contributed by atoms with Crippen molar-refractivity contribution in [3.8, 4) is 0 Å². The number of nitro benzene ring substituents is 1. The number of carbonyl (C=O) groups excluding carboxylic acids is 1. The van der Waals surface area contributed by atoms with Crippen LogP contribution in [0.15, 0.2) is 36.4 Å². The fourth-order valence-electron chi connectivity index (χ4n) is 1.63. The Kier molecular flexibility index (Phi) is 4.04. The summed E-state index contributed by atoms with van der Waals surface area (Å²) in [5, 5.41) is 13.0. The third-order valence-electron chi connectivity index (χ3n) is 2.67. The molecule has 0 spiro atoms. The van der Waals surface area contributed by atoms with Gasteiger partial charge in [0.25, 0.3) is 11.6 Å². The zero-order valence-electron chi connectivity index (χ0n) is 10.5. The minimum absolute atomic E-state index is 0.00692. The standard InChI is InChI=1S/C13H9ClFN3O3/c14-10-6-8(18(20)21)2-4-12(10)17-13(19)9-5-7(15)1-3-11(9)16/h1-6H,16H2,(H,17,19). The van der Waals surface area contributed by atoms with Gasteiger partial charge in [0.15, 0.2) is 0 Å². The summed E-state index contributed by atoms with van der Waals surface area (Å²) in [6, 6.07) is 6.97. The highest BCUT2D eigenvalue weighted by Crippen LogP contribution is 2.27. The largest absolute Gasteiger partial charge is 0.398 e. The number of carbonyl (C=O) groups is 1. The fraction of sp³-hybridized carbons (Fsp3) is 0. The first-order valence-corrected chi connectivity index (χ1v) is 6.06. The van der Waals surface area contributed by atoms with Crippen molar-refractivity contribution in [3.05, 3.63) is 62.9 Å². The highest BCUT2D eigenvalue weighted by Gasteiger charge is 2.15. The number of non-ortho nitro benzene ring substituents is 1. The van der Waals surface area contributed by atoms with Crippen LogP contribution in [0.25, 0.3) is 0 Å². The number of amides is 1. The molecule has 0 aliphatic rings. The van der Waals surface area contributed by atoms with Crippen LogP contribution in [0.3, 0.4) is 0 Å². The molecule has 0 aliphatic heterocycles. The van der Waals surface area contributed by atoms with Gasteiger partial charge in [0.1, 0.15) is 5.82 Å². The average Bonchev–Trinajstić information content (AvgIpc) is 2.43. The first kappa shape index (κ1) is 14.7. The van der Waals surface area contributed by atoms with Crippen molar-refractivity contribution in [1.29, 1.82) is 0 Å². The molecule has 2 rings (SSSR count). The number of nitrogens with zero attached hydrogens (tertiary/aromatic N) is 1. The van der Waals surface area contributed by atoms with E-state index in [1.165, 1.54) is 18.2 Å². The van der Waals surface area contributed by atoms with E-state index in [9.17, 15) is 19.3 Å². The summed E-state index contributed by atoms with van der Waals surface area (Å²) in [6.45, 7) is 0. The number of nitrogen functional groups attached to an aromatic ring is 1. The number of benzene rings is 2. The topological polar surface area (TPSA) is 98.3 Å². The van der Waals surface area contributed by atoms with Gasteiger partial charge in [-0.3, -0.25) is 14.9 Å². The molecule has 0 radical (unpaired) electrons. The average molecular weight is 310 g/mol. The minimum Gasteiger partial charge on any atom is -0.398 e. The van der Waals surface area contributed by atoms with Crippen molar-refractivity contribution >= 4 is 34.6 Å². The van der Waals surface area contributed by atoms with E-state index in [0.717, 1.165) is 18.2 Å². The maximum atomic E-state index is 13.1. The molecule has 2 aromatic carbocycles. The van der Waals surface area contributed by atoms with Gasteiger partial charge in [-0.25, -0.2) is 4.39 Å². The van der Waals surface area contributed by atoms with Crippen molar-refractivity contribution < 1.29 is 14.1 Å². The lowest BCUT2D eigenvalue weighted by atomic mass is 10.1. The van der Waals surface area contributed by atoms with Crippen molar-refractivity contribution in [2.45, 2.75) is 0 Å². The van der Waals surface area contributed by atoms with Gasteiger partial charge >= 0.3 is 0 Å². The molecule has 0 heterocycles. The summed E-state index contributed by atoms with van der Waals surface area (Å²) >= 11 is 5.85. The molecular weight excluding hydrogens is 301 g/mol. The van der Waals surface area contributed by atoms with E-state index in [2.05, 4.69) is 5.32 Å². The number of hydrogen-bond donors (Lipinski definition) is 2. The van der Waals surface area contributed by atoms with Crippen LogP contribution < -0.4 is 11.1 Å². The van der Waals surface area contributed by atoms with Gasteiger partial charge in [0.2, 0.25) is 0 Å². The first-order chi connectivity index (χ1) is 9.88. The number of hydrogen-bond acceptors (Lipinski definition) is 4. The van der Waals surface area contributed by atoms with Crippen LogP contribution in [0.4, 0.5) is 21.5 Å². The Balaban J connectivity index is 2.27. The van der Waals surface area contributed by atoms with Crippen LogP contribution in [-0.4, -0.2) is 10.8 Å². The maximum absolute atomic E-state index is 13.1. The highest BCUT2D eigenvalue weighted by molar-refractivity contribution is 6.34. The Morgan fingerprint density at radius 1 is 1.29 bits per heavy atom. The van der Waals surface area contributed by atoms with Crippen LogP contribution in [0, 0.1) is 15.9 Å². The van der Waals surface area contributed by atoms with Gasteiger partial charge in [0, 0.05) is 17.8 Å². The second kappa shape index (κ2) is 5.76. The molecule has 0 bridgehead atoms. The summed E-state index contributed by atoms with van der Waals surface area (Å²) in [7, 11) is 0. The Bertz CT molecular complexity index is 737. The normalized spacial score (nSPS) is 10.2. The lowest BCUT2D eigenvalue weighted by molar-refractivity contribution is -0.384. The van der Waals surface area contributed by atoms with Crippen LogP contribution in [0.2, 0.25) is 5.02 Å². The van der Waals surface area contributed by atoms with Gasteiger partial charge in [-0.2, -0.15) is 0 Å². The van der Waals surface area contributed by atoms with E-state index >= 15 is 0 Å². The summed E-state index contributed by atoms with van der Waals surface area (Å²) in [6.07, 6.45) is 0. The molecule has 0 unspecified atom stereocenters. The van der Waals surface area contributed by atoms with Gasteiger partial charge in [-0.1, -0.05) is 11.6 Å². The van der Waals surface area contributed by atoms with Crippen molar-refractivity contribution in [1.82, 2.24) is 0 Å². The van der Waals surface area contributed by atoms with Gasteiger partial charge < -0.3 is 11.1 Å². The fourth-order valence-corrected chi connectivity index (χ4v) is 1.86. The molecule has 0 saturated carbocycles. The zero-order chi connectivity index (χ0) is 15.6. The zero-order valence-corrected chi connectivity index (χ0v) is 11.2. The molecule has 0 aliphatic carbocycles. The molecule has 108 valence electrons. The second-order valence-electron chi connectivity index (χ2n) is 4.11. The molecule has 1 amide bonds. The predicted molar refractivity (Wildman–Crippen MR) is 76.9 cm³/mol. The second-order valence-corrected chi connectivity index (χ2v) is 4.51. The monoisotopic (exact) mass is 309 g/mol. The minimum atomic E-state index is -0.664.